The summed E-state index contributed by atoms with van der Waals surface area (Å²) in [5, 5.41) is 23.7. The Kier molecular flexibility index (Phi) is 6.77. The van der Waals surface area contributed by atoms with Crippen LogP contribution in [0.25, 0.3) is 6.08 Å². The van der Waals surface area contributed by atoms with E-state index in [0.29, 0.717) is 5.92 Å². The number of ether oxygens (including phenoxy) is 2. The van der Waals surface area contributed by atoms with E-state index in [-0.39, 0.29) is 34.4 Å². The molecule has 8 nitrogen and oxygen atoms in total. The molecule has 0 radical (unpaired) electrons. The minimum atomic E-state index is -0.593. The number of carbonyl (C=O) groups excluding carboxylic acids is 1. The van der Waals surface area contributed by atoms with Gasteiger partial charge in [-0.3, -0.25) is 14.9 Å². The van der Waals surface area contributed by atoms with Gasteiger partial charge < -0.3 is 14.8 Å². The van der Waals surface area contributed by atoms with E-state index in [1.165, 1.54) is 32.4 Å². The fourth-order valence-electron chi connectivity index (χ4n) is 3.24. The minimum absolute atomic E-state index is 0.00314. The van der Waals surface area contributed by atoms with Gasteiger partial charge in [-0.05, 0) is 30.9 Å². The van der Waals surface area contributed by atoms with Crippen molar-refractivity contribution in [2.24, 2.45) is 5.92 Å². The number of nitriles is 1. The molecule has 0 aliphatic heterocycles. The molecule has 1 amide bonds. The molecule has 1 N–H and O–H groups in total. The summed E-state index contributed by atoms with van der Waals surface area (Å²) < 4.78 is 10.2. The molecule has 1 aromatic rings. The Morgan fingerprint density at radius 1 is 1.30 bits per heavy atom. The third-order valence-corrected chi connectivity index (χ3v) is 4.82. The first-order chi connectivity index (χ1) is 12.9. The smallest absolute Gasteiger partial charge is 0.280 e. The van der Waals surface area contributed by atoms with Crippen LogP contribution >= 0.6 is 0 Å². The molecule has 8 heteroatoms. The second-order valence-electron chi connectivity index (χ2n) is 6.53. The number of nitrogens with one attached hydrogen (secondary N) is 1. The first kappa shape index (κ1) is 20.2. The average molecular weight is 373 g/mol. The predicted molar refractivity (Wildman–Crippen MR) is 99.4 cm³/mol. The maximum Gasteiger partial charge on any atom is 0.280 e. The van der Waals surface area contributed by atoms with Crippen molar-refractivity contribution in [3.05, 3.63) is 33.4 Å². The third kappa shape index (κ3) is 4.76. The van der Waals surface area contributed by atoms with Gasteiger partial charge in [0.1, 0.15) is 11.6 Å². The molecule has 0 heterocycles. The van der Waals surface area contributed by atoms with Gasteiger partial charge in [0.25, 0.3) is 11.6 Å². The van der Waals surface area contributed by atoms with Gasteiger partial charge in [0, 0.05) is 6.04 Å². The Balaban J connectivity index is 2.37. The van der Waals surface area contributed by atoms with Crippen LogP contribution in [0.15, 0.2) is 17.7 Å². The molecule has 0 bridgehead atoms. The number of amides is 1. The maximum atomic E-state index is 12.5. The van der Waals surface area contributed by atoms with Gasteiger partial charge in [-0.1, -0.05) is 19.8 Å². The molecule has 1 aliphatic rings. The van der Waals surface area contributed by atoms with E-state index in [2.05, 4.69) is 12.2 Å². The fraction of sp³-hybridized carbons (Fsp3) is 0.474. The summed E-state index contributed by atoms with van der Waals surface area (Å²) in [7, 11) is 2.77. The second kappa shape index (κ2) is 9.03. The van der Waals surface area contributed by atoms with Crippen molar-refractivity contribution < 1.29 is 19.2 Å². The van der Waals surface area contributed by atoms with Crippen LogP contribution in [0.3, 0.4) is 0 Å². The molecule has 1 saturated carbocycles. The summed E-state index contributed by atoms with van der Waals surface area (Å²) in [6.45, 7) is 2.07. The quantitative estimate of drug-likeness (QED) is 0.354. The maximum absolute atomic E-state index is 12.5. The number of nitrogens with zero attached hydrogens (tertiary/aromatic N) is 2. The second-order valence-corrected chi connectivity index (χ2v) is 6.53. The molecule has 0 aromatic heterocycles. The van der Waals surface area contributed by atoms with Gasteiger partial charge >= 0.3 is 0 Å². The van der Waals surface area contributed by atoms with Crippen LogP contribution in [0.4, 0.5) is 5.69 Å². The molecule has 144 valence electrons. The average Bonchev–Trinajstić information content (AvgIpc) is 2.66. The van der Waals surface area contributed by atoms with Crippen LogP contribution in [-0.4, -0.2) is 31.1 Å². The zero-order valence-electron chi connectivity index (χ0n) is 15.7. The highest BCUT2D eigenvalue weighted by Crippen LogP contribution is 2.35. The molecule has 2 rings (SSSR count). The van der Waals surface area contributed by atoms with E-state index >= 15 is 0 Å². The molecule has 0 spiro atoms. The number of methoxy groups -OCH3 is 2. The highest BCUT2D eigenvalue weighted by Gasteiger charge is 2.25. The van der Waals surface area contributed by atoms with Gasteiger partial charge in [-0.15, -0.1) is 0 Å². The van der Waals surface area contributed by atoms with Crippen molar-refractivity contribution in [1.29, 1.82) is 5.26 Å². The van der Waals surface area contributed by atoms with Crippen molar-refractivity contribution in [2.75, 3.05) is 14.2 Å². The topological polar surface area (TPSA) is 114 Å². The molecule has 1 fully saturated rings. The lowest BCUT2D eigenvalue weighted by Crippen LogP contribution is -2.41. The van der Waals surface area contributed by atoms with Gasteiger partial charge in [-0.2, -0.15) is 5.26 Å². The van der Waals surface area contributed by atoms with Crippen LogP contribution in [-0.2, 0) is 4.79 Å². The van der Waals surface area contributed by atoms with E-state index in [9.17, 15) is 20.2 Å². The Labute approximate surface area is 157 Å². The molecule has 2 atom stereocenters. The van der Waals surface area contributed by atoms with E-state index < -0.39 is 10.8 Å². The summed E-state index contributed by atoms with van der Waals surface area (Å²) in [6.07, 6.45) is 5.26. The standard InChI is InChI=1S/C19H23N3O5/c1-12-6-4-5-7-15(12)21-19(23)14(11-20)8-13-9-17(26-2)18(27-3)10-16(13)22(24)25/h8-10,12,15H,4-7H2,1-3H3,(H,21,23)/b14-8+/t12-,15-/m0/s1. The highest BCUT2D eigenvalue weighted by atomic mass is 16.6. The van der Waals surface area contributed by atoms with E-state index in [1.54, 1.807) is 0 Å². The molecular formula is C19H23N3O5. The zero-order chi connectivity index (χ0) is 20.0. The Morgan fingerprint density at radius 3 is 2.48 bits per heavy atom. The largest absolute Gasteiger partial charge is 0.493 e. The van der Waals surface area contributed by atoms with Crippen LogP contribution in [0.5, 0.6) is 11.5 Å². The lowest BCUT2D eigenvalue weighted by molar-refractivity contribution is -0.385. The van der Waals surface area contributed by atoms with Gasteiger partial charge in [0.15, 0.2) is 11.5 Å². The van der Waals surface area contributed by atoms with Gasteiger partial charge in [-0.25, -0.2) is 0 Å². The summed E-state index contributed by atoms with van der Waals surface area (Å²) in [6, 6.07) is 4.43. The lowest BCUT2D eigenvalue weighted by atomic mass is 9.86. The molecule has 0 saturated heterocycles. The molecule has 1 aromatic carbocycles. The fourth-order valence-corrected chi connectivity index (χ4v) is 3.24. The molecule has 0 unspecified atom stereocenters. The highest BCUT2D eigenvalue weighted by molar-refractivity contribution is 6.02. The number of rotatable bonds is 6. The normalized spacial score (nSPS) is 19.7. The zero-order valence-corrected chi connectivity index (χ0v) is 15.7. The summed E-state index contributed by atoms with van der Waals surface area (Å²) in [5.41, 5.74) is -0.372. The SMILES string of the molecule is COc1cc(/C=C(\C#N)C(=O)N[C@H]2CCCC[C@@H]2C)c([N+](=O)[O-])cc1OC. The van der Waals surface area contributed by atoms with Crippen molar-refractivity contribution in [2.45, 2.75) is 38.6 Å². The third-order valence-electron chi connectivity index (χ3n) is 4.82. The number of nitro benzene ring substituents is 1. The molecule has 27 heavy (non-hydrogen) atoms. The van der Waals surface area contributed by atoms with Crippen LogP contribution in [0.2, 0.25) is 0 Å². The van der Waals surface area contributed by atoms with E-state index in [1.807, 2.05) is 6.07 Å². The lowest BCUT2D eigenvalue weighted by Gasteiger charge is -2.29. The number of carbonyl (C=O) groups is 1. The van der Waals surface area contributed by atoms with Crippen LogP contribution in [0, 0.1) is 27.4 Å². The summed E-state index contributed by atoms with van der Waals surface area (Å²) in [5.74, 6) is 0.270. The predicted octanol–water partition coefficient (Wildman–Crippen LogP) is 3.21. The molecular weight excluding hydrogens is 350 g/mol. The number of nitro groups is 1. The van der Waals surface area contributed by atoms with Gasteiger partial charge in [0.2, 0.25) is 0 Å². The Bertz CT molecular complexity index is 797. The minimum Gasteiger partial charge on any atom is -0.493 e. The van der Waals surface area contributed by atoms with Crippen LogP contribution < -0.4 is 14.8 Å². The Morgan fingerprint density at radius 2 is 1.93 bits per heavy atom. The number of hydrogen-bond acceptors (Lipinski definition) is 6. The Hall–Kier alpha value is -3.08. The first-order valence-corrected chi connectivity index (χ1v) is 8.74. The number of hydrogen-bond donors (Lipinski definition) is 1. The summed E-state index contributed by atoms with van der Waals surface area (Å²) >= 11 is 0. The summed E-state index contributed by atoms with van der Waals surface area (Å²) in [4.78, 5) is 23.3. The van der Waals surface area contributed by atoms with Gasteiger partial charge in [0.05, 0.1) is 30.8 Å². The van der Waals surface area contributed by atoms with Crippen molar-refractivity contribution in [3.63, 3.8) is 0 Å². The van der Waals surface area contributed by atoms with Crippen molar-refractivity contribution in [1.82, 2.24) is 5.32 Å². The van der Waals surface area contributed by atoms with Crippen molar-refractivity contribution in [3.8, 4) is 17.6 Å². The van der Waals surface area contributed by atoms with Crippen molar-refractivity contribution >= 4 is 17.7 Å². The number of benzene rings is 1. The molecule has 1 aliphatic carbocycles. The monoisotopic (exact) mass is 373 g/mol. The first-order valence-electron chi connectivity index (χ1n) is 8.74. The van der Waals surface area contributed by atoms with Crippen LogP contribution in [0.1, 0.15) is 38.2 Å². The van der Waals surface area contributed by atoms with E-state index in [4.69, 9.17) is 9.47 Å². The van der Waals surface area contributed by atoms with E-state index in [0.717, 1.165) is 25.7 Å².